The van der Waals surface area contributed by atoms with E-state index in [0.29, 0.717) is 6.54 Å². The van der Waals surface area contributed by atoms with Gasteiger partial charge in [0.2, 0.25) is 0 Å². The van der Waals surface area contributed by atoms with Crippen LogP contribution in [0.1, 0.15) is 11.1 Å². The summed E-state index contributed by atoms with van der Waals surface area (Å²) < 4.78 is 17.9. The lowest BCUT2D eigenvalue weighted by Gasteiger charge is -2.11. The fourth-order valence-electron chi connectivity index (χ4n) is 1.76. The van der Waals surface area contributed by atoms with Gasteiger partial charge in [0.1, 0.15) is 11.6 Å². The van der Waals surface area contributed by atoms with E-state index in [-0.39, 0.29) is 5.82 Å². The van der Waals surface area contributed by atoms with Crippen LogP contribution in [-0.2, 0) is 6.54 Å². The van der Waals surface area contributed by atoms with Gasteiger partial charge in [-0.15, -0.1) is 0 Å². The van der Waals surface area contributed by atoms with Gasteiger partial charge in [-0.25, -0.2) is 4.39 Å². The van der Waals surface area contributed by atoms with Crippen molar-refractivity contribution >= 4 is 5.69 Å². The van der Waals surface area contributed by atoms with Crippen LogP contribution in [0.25, 0.3) is 0 Å². The molecule has 2 nitrogen and oxygen atoms in total. The molecule has 0 saturated heterocycles. The summed E-state index contributed by atoms with van der Waals surface area (Å²) in [5.74, 6) is 0.638. The zero-order chi connectivity index (χ0) is 13.0. The third-order valence-corrected chi connectivity index (χ3v) is 2.83. The maximum absolute atomic E-state index is 12.8. The summed E-state index contributed by atoms with van der Waals surface area (Å²) in [5, 5.41) is 3.32. The van der Waals surface area contributed by atoms with Crippen LogP contribution in [0.15, 0.2) is 42.5 Å². The average Bonchev–Trinajstić information content (AvgIpc) is 2.39. The van der Waals surface area contributed by atoms with Crippen LogP contribution in [0, 0.1) is 12.7 Å². The molecule has 2 aromatic rings. The second kappa shape index (κ2) is 5.54. The highest BCUT2D eigenvalue weighted by molar-refractivity contribution is 5.53. The molecule has 1 N–H and O–H groups in total. The first-order valence-electron chi connectivity index (χ1n) is 5.82. The molecule has 94 valence electrons. The number of rotatable bonds is 4. The van der Waals surface area contributed by atoms with Crippen molar-refractivity contribution in [3.63, 3.8) is 0 Å². The van der Waals surface area contributed by atoms with Crippen molar-refractivity contribution in [3.05, 3.63) is 59.4 Å². The normalized spacial score (nSPS) is 10.2. The van der Waals surface area contributed by atoms with Crippen LogP contribution in [0.3, 0.4) is 0 Å². The molecular weight excluding hydrogens is 229 g/mol. The Balaban J connectivity index is 2.04. The quantitative estimate of drug-likeness (QED) is 0.885. The molecule has 0 radical (unpaired) electrons. The minimum atomic E-state index is -0.209. The Morgan fingerprint density at radius 1 is 1.11 bits per heavy atom. The van der Waals surface area contributed by atoms with E-state index in [1.54, 1.807) is 19.2 Å². The molecule has 2 aromatic carbocycles. The number of nitrogens with one attached hydrogen (secondary N) is 1. The maximum Gasteiger partial charge on any atom is 0.123 e. The highest BCUT2D eigenvalue weighted by Gasteiger charge is 2.00. The molecule has 3 heteroatoms. The summed E-state index contributed by atoms with van der Waals surface area (Å²) in [6.45, 7) is 2.70. The van der Waals surface area contributed by atoms with E-state index in [1.165, 1.54) is 12.1 Å². The van der Waals surface area contributed by atoms with E-state index >= 15 is 0 Å². The summed E-state index contributed by atoms with van der Waals surface area (Å²) in [6.07, 6.45) is 0. The lowest BCUT2D eigenvalue weighted by Crippen LogP contribution is -2.01. The van der Waals surface area contributed by atoms with Gasteiger partial charge in [0.25, 0.3) is 0 Å². The second-order valence-corrected chi connectivity index (χ2v) is 4.16. The Kier molecular flexibility index (Phi) is 3.82. The molecule has 0 bridgehead atoms. The SMILES string of the molecule is COc1ccc(NCc2ccc(F)cc2)c(C)c1. The van der Waals surface area contributed by atoms with Gasteiger partial charge in [-0.05, 0) is 48.4 Å². The van der Waals surface area contributed by atoms with Gasteiger partial charge in [0.05, 0.1) is 7.11 Å². The number of anilines is 1. The van der Waals surface area contributed by atoms with Crippen LogP contribution >= 0.6 is 0 Å². The van der Waals surface area contributed by atoms with Gasteiger partial charge in [-0.3, -0.25) is 0 Å². The largest absolute Gasteiger partial charge is 0.497 e. The molecule has 0 amide bonds. The lowest BCUT2D eigenvalue weighted by molar-refractivity contribution is 0.414. The van der Waals surface area contributed by atoms with Crippen LogP contribution in [0.2, 0.25) is 0 Å². The standard InChI is InChI=1S/C15H16FNO/c1-11-9-14(18-2)7-8-15(11)17-10-12-3-5-13(16)6-4-12/h3-9,17H,10H2,1-2H3. The number of hydrogen-bond donors (Lipinski definition) is 1. The minimum absolute atomic E-state index is 0.209. The smallest absolute Gasteiger partial charge is 0.123 e. The Labute approximate surface area is 106 Å². The third kappa shape index (κ3) is 3.00. The molecule has 2 rings (SSSR count). The first-order valence-corrected chi connectivity index (χ1v) is 5.82. The molecule has 0 aliphatic heterocycles. The second-order valence-electron chi connectivity index (χ2n) is 4.16. The Bertz CT molecular complexity index is 523. The number of methoxy groups -OCH3 is 1. The third-order valence-electron chi connectivity index (χ3n) is 2.83. The Morgan fingerprint density at radius 2 is 1.83 bits per heavy atom. The molecule has 0 aromatic heterocycles. The van der Waals surface area contributed by atoms with Crippen molar-refractivity contribution in [3.8, 4) is 5.75 Å². The molecular formula is C15H16FNO. The van der Waals surface area contributed by atoms with Crippen molar-refractivity contribution in [1.29, 1.82) is 0 Å². The lowest BCUT2D eigenvalue weighted by atomic mass is 10.1. The minimum Gasteiger partial charge on any atom is -0.497 e. The number of benzene rings is 2. The first kappa shape index (κ1) is 12.4. The van der Waals surface area contributed by atoms with Gasteiger partial charge in [-0.2, -0.15) is 0 Å². The molecule has 0 saturated carbocycles. The van der Waals surface area contributed by atoms with E-state index in [0.717, 1.165) is 22.6 Å². The predicted octanol–water partition coefficient (Wildman–Crippen LogP) is 3.75. The Hall–Kier alpha value is -2.03. The van der Waals surface area contributed by atoms with E-state index in [9.17, 15) is 4.39 Å². The van der Waals surface area contributed by atoms with E-state index < -0.39 is 0 Å². The van der Waals surface area contributed by atoms with Gasteiger partial charge < -0.3 is 10.1 Å². The van der Waals surface area contributed by atoms with Crippen molar-refractivity contribution in [1.82, 2.24) is 0 Å². The summed E-state index contributed by atoms with van der Waals surface area (Å²) in [6, 6.07) is 12.4. The molecule has 0 fully saturated rings. The molecule has 0 aliphatic carbocycles. The summed E-state index contributed by atoms with van der Waals surface area (Å²) >= 11 is 0. The molecule has 18 heavy (non-hydrogen) atoms. The van der Waals surface area contributed by atoms with E-state index in [4.69, 9.17) is 4.74 Å². The molecule has 0 unspecified atom stereocenters. The fourth-order valence-corrected chi connectivity index (χ4v) is 1.76. The highest BCUT2D eigenvalue weighted by atomic mass is 19.1. The van der Waals surface area contributed by atoms with Crippen LogP contribution in [-0.4, -0.2) is 7.11 Å². The maximum atomic E-state index is 12.8. The molecule has 0 heterocycles. The molecule has 0 aliphatic rings. The number of aryl methyl sites for hydroxylation is 1. The van der Waals surface area contributed by atoms with E-state index in [1.807, 2.05) is 25.1 Å². The number of halogens is 1. The number of ether oxygens (including phenoxy) is 1. The van der Waals surface area contributed by atoms with Crippen LogP contribution < -0.4 is 10.1 Å². The molecule has 0 atom stereocenters. The zero-order valence-electron chi connectivity index (χ0n) is 10.5. The van der Waals surface area contributed by atoms with Crippen molar-refractivity contribution in [2.75, 3.05) is 12.4 Å². The predicted molar refractivity (Wildman–Crippen MR) is 71.5 cm³/mol. The van der Waals surface area contributed by atoms with Crippen LogP contribution in [0.4, 0.5) is 10.1 Å². The summed E-state index contributed by atoms with van der Waals surface area (Å²) in [5.41, 5.74) is 3.23. The summed E-state index contributed by atoms with van der Waals surface area (Å²) in [7, 11) is 1.65. The van der Waals surface area contributed by atoms with Gasteiger partial charge in [-0.1, -0.05) is 12.1 Å². The Morgan fingerprint density at radius 3 is 2.44 bits per heavy atom. The van der Waals surface area contributed by atoms with Gasteiger partial charge in [0, 0.05) is 12.2 Å². The van der Waals surface area contributed by atoms with Crippen molar-refractivity contribution < 1.29 is 9.13 Å². The fraction of sp³-hybridized carbons (Fsp3) is 0.200. The van der Waals surface area contributed by atoms with Gasteiger partial charge >= 0.3 is 0 Å². The monoisotopic (exact) mass is 245 g/mol. The van der Waals surface area contributed by atoms with E-state index in [2.05, 4.69) is 5.32 Å². The summed E-state index contributed by atoms with van der Waals surface area (Å²) in [4.78, 5) is 0. The zero-order valence-corrected chi connectivity index (χ0v) is 10.5. The van der Waals surface area contributed by atoms with Crippen LogP contribution in [0.5, 0.6) is 5.75 Å². The van der Waals surface area contributed by atoms with Crippen molar-refractivity contribution in [2.24, 2.45) is 0 Å². The average molecular weight is 245 g/mol. The van der Waals surface area contributed by atoms with Gasteiger partial charge in [0.15, 0.2) is 0 Å². The number of hydrogen-bond acceptors (Lipinski definition) is 2. The first-order chi connectivity index (χ1) is 8.69. The highest BCUT2D eigenvalue weighted by Crippen LogP contribution is 2.21. The molecule has 0 spiro atoms. The topological polar surface area (TPSA) is 21.3 Å². The van der Waals surface area contributed by atoms with Crippen molar-refractivity contribution in [2.45, 2.75) is 13.5 Å².